The topological polar surface area (TPSA) is 43.1 Å². The number of carbonyl (C=O) groups excluding carboxylic acids is 1. The molecule has 19 heavy (non-hydrogen) atoms. The third kappa shape index (κ3) is 5.38. The number of rotatable bonds is 4. The standard InChI is InChI=1S/C14H20ClNOS2/c1-14(2,3)19-13(17)11(15)12(16)9-5-7-10(18-4)8-6-9/h5-8,11-12H,16H2,1-4H3/t11-,12+/m1/s1. The summed E-state index contributed by atoms with van der Waals surface area (Å²) >= 11 is 9.10. The monoisotopic (exact) mass is 317 g/mol. The second-order valence-corrected chi connectivity index (χ2v) is 8.42. The van der Waals surface area contributed by atoms with E-state index < -0.39 is 11.4 Å². The number of hydrogen-bond acceptors (Lipinski definition) is 4. The molecule has 2 N–H and O–H groups in total. The predicted molar refractivity (Wildman–Crippen MR) is 87.1 cm³/mol. The lowest BCUT2D eigenvalue weighted by Gasteiger charge is -2.22. The van der Waals surface area contributed by atoms with Crippen LogP contribution >= 0.6 is 35.1 Å². The Kier molecular flexibility index (Phi) is 6.24. The summed E-state index contributed by atoms with van der Waals surface area (Å²) in [6.45, 7) is 5.95. The summed E-state index contributed by atoms with van der Waals surface area (Å²) < 4.78 is -0.146. The molecule has 0 radical (unpaired) electrons. The van der Waals surface area contributed by atoms with Gasteiger partial charge in [0.25, 0.3) is 0 Å². The molecule has 0 saturated heterocycles. The summed E-state index contributed by atoms with van der Waals surface area (Å²) in [4.78, 5) is 13.2. The number of hydrogen-bond donors (Lipinski definition) is 1. The smallest absolute Gasteiger partial charge is 0.209 e. The molecule has 0 aromatic heterocycles. The highest BCUT2D eigenvalue weighted by atomic mass is 35.5. The Morgan fingerprint density at radius 1 is 1.26 bits per heavy atom. The minimum absolute atomic E-state index is 0.0735. The normalized spacial score (nSPS) is 15.1. The van der Waals surface area contributed by atoms with Gasteiger partial charge in [-0.15, -0.1) is 23.4 Å². The van der Waals surface area contributed by atoms with E-state index in [0.717, 1.165) is 10.5 Å². The summed E-state index contributed by atoms with van der Waals surface area (Å²) in [5.41, 5.74) is 6.97. The first-order valence-electron chi connectivity index (χ1n) is 6.01. The Morgan fingerprint density at radius 2 is 1.79 bits per heavy atom. The van der Waals surface area contributed by atoms with E-state index in [1.54, 1.807) is 11.8 Å². The van der Waals surface area contributed by atoms with E-state index in [-0.39, 0.29) is 9.86 Å². The van der Waals surface area contributed by atoms with Gasteiger partial charge in [-0.05, 0) is 24.0 Å². The SMILES string of the molecule is CSc1ccc([C@H](N)[C@@H](Cl)C(=O)SC(C)(C)C)cc1. The van der Waals surface area contributed by atoms with E-state index in [0.29, 0.717) is 0 Å². The van der Waals surface area contributed by atoms with Crippen LogP contribution in [0.25, 0.3) is 0 Å². The number of thioether (sulfide) groups is 2. The molecule has 0 saturated carbocycles. The summed E-state index contributed by atoms with van der Waals surface area (Å²) in [6, 6.07) is 7.37. The quantitative estimate of drug-likeness (QED) is 0.671. The molecule has 2 nitrogen and oxygen atoms in total. The van der Waals surface area contributed by atoms with Gasteiger partial charge in [-0.25, -0.2) is 0 Å². The van der Waals surface area contributed by atoms with Crippen molar-refractivity contribution in [1.29, 1.82) is 0 Å². The zero-order valence-electron chi connectivity index (χ0n) is 11.6. The number of benzene rings is 1. The third-order valence-electron chi connectivity index (χ3n) is 2.45. The van der Waals surface area contributed by atoms with Crippen molar-refractivity contribution in [2.24, 2.45) is 5.73 Å². The Labute approximate surface area is 128 Å². The van der Waals surface area contributed by atoms with Gasteiger partial charge in [0, 0.05) is 9.64 Å². The molecule has 0 amide bonds. The van der Waals surface area contributed by atoms with Crippen LogP contribution in [0.2, 0.25) is 0 Å². The van der Waals surface area contributed by atoms with Gasteiger partial charge in [0.05, 0.1) is 6.04 Å². The summed E-state index contributed by atoms with van der Waals surface area (Å²) in [5, 5.41) is -0.778. The van der Waals surface area contributed by atoms with E-state index >= 15 is 0 Å². The molecular formula is C14H20ClNOS2. The molecular weight excluding hydrogens is 298 g/mol. The molecule has 0 heterocycles. The summed E-state index contributed by atoms with van der Waals surface area (Å²) in [5.74, 6) is 0. The number of alkyl halides is 1. The number of nitrogens with two attached hydrogens (primary N) is 1. The minimum Gasteiger partial charge on any atom is -0.322 e. The van der Waals surface area contributed by atoms with Gasteiger partial charge in [-0.3, -0.25) is 4.79 Å². The molecule has 0 unspecified atom stereocenters. The summed E-state index contributed by atoms with van der Waals surface area (Å²) in [7, 11) is 0. The van der Waals surface area contributed by atoms with Crippen molar-refractivity contribution in [3.63, 3.8) is 0 Å². The van der Waals surface area contributed by atoms with Gasteiger partial charge in [0.1, 0.15) is 5.38 Å². The van der Waals surface area contributed by atoms with Crippen LogP contribution in [-0.4, -0.2) is 21.5 Å². The van der Waals surface area contributed by atoms with Gasteiger partial charge in [0.2, 0.25) is 5.12 Å². The first-order valence-corrected chi connectivity index (χ1v) is 8.49. The first kappa shape index (κ1) is 16.9. The molecule has 0 aliphatic heterocycles. The maximum absolute atomic E-state index is 12.0. The van der Waals surface area contributed by atoms with Crippen LogP contribution in [0.4, 0.5) is 0 Å². The molecule has 106 valence electrons. The summed E-state index contributed by atoms with van der Waals surface area (Å²) in [6.07, 6.45) is 2.02. The zero-order chi connectivity index (χ0) is 14.6. The van der Waals surface area contributed by atoms with E-state index in [1.165, 1.54) is 11.8 Å². The molecule has 0 aliphatic rings. The van der Waals surface area contributed by atoms with Crippen LogP contribution < -0.4 is 5.73 Å². The van der Waals surface area contributed by atoms with Crippen LogP contribution in [0.1, 0.15) is 32.4 Å². The maximum Gasteiger partial charge on any atom is 0.209 e. The fourth-order valence-electron chi connectivity index (χ4n) is 1.50. The van der Waals surface area contributed by atoms with Crippen molar-refractivity contribution in [3.8, 4) is 0 Å². The Balaban J connectivity index is 2.75. The minimum atomic E-state index is -0.704. The highest BCUT2D eigenvalue weighted by Gasteiger charge is 2.28. The van der Waals surface area contributed by atoms with Crippen molar-refractivity contribution in [1.82, 2.24) is 0 Å². The Morgan fingerprint density at radius 3 is 2.21 bits per heavy atom. The average molecular weight is 318 g/mol. The van der Waals surface area contributed by atoms with E-state index in [1.807, 2.05) is 51.3 Å². The second-order valence-electron chi connectivity index (χ2n) is 5.23. The molecule has 1 aromatic rings. The predicted octanol–water partition coefficient (Wildman–Crippen LogP) is 4.07. The molecule has 5 heteroatoms. The largest absolute Gasteiger partial charge is 0.322 e. The van der Waals surface area contributed by atoms with Crippen LogP contribution in [-0.2, 0) is 4.79 Å². The molecule has 1 rings (SSSR count). The molecule has 0 spiro atoms. The lowest BCUT2D eigenvalue weighted by Crippen LogP contribution is -2.29. The second kappa shape index (κ2) is 7.02. The average Bonchev–Trinajstić information content (AvgIpc) is 2.35. The molecule has 1 aromatic carbocycles. The maximum atomic E-state index is 12.0. The van der Waals surface area contributed by atoms with Gasteiger partial charge < -0.3 is 5.73 Å². The van der Waals surface area contributed by atoms with Crippen LogP contribution in [0.15, 0.2) is 29.2 Å². The van der Waals surface area contributed by atoms with E-state index in [9.17, 15) is 4.79 Å². The fraction of sp³-hybridized carbons (Fsp3) is 0.500. The van der Waals surface area contributed by atoms with E-state index in [2.05, 4.69) is 0 Å². The lowest BCUT2D eigenvalue weighted by atomic mass is 10.1. The third-order valence-corrected chi connectivity index (χ3v) is 4.86. The van der Waals surface area contributed by atoms with Crippen molar-refractivity contribution in [2.75, 3.05) is 6.26 Å². The van der Waals surface area contributed by atoms with Gasteiger partial charge >= 0.3 is 0 Å². The first-order chi connectivity index (χ1) is 8.74. The highest BCUT2D eigenvalue weighted by Crippen LogP contribution is 2.31. The molecule has 2 atom stereocenters. The van der Waals surface area contributed by atoms with Crippen molar-refractivity contribution in [2.45, 2.75) is 41.8 Å². The fourth-order valence-corrected chi connectivity index (χ4v) is 3.05. The molecule has 0 fully saturated rings. The lowest BCUT2D eigenvalue weighted by molar-refractivity contribution is -0.111. The van der Waals surface area contributed by atoms with Crippen molar-refractivity contribution < 1.29 is 4.79 Å². The number of halogens is 1. The van der Waals surface area contributed by atoms with Gasteiger partial charge in [-0.1, -0.05) is 44.7 Å². The van der Waals surface area contributed by atoms with Crippen molar-refractivity contribution in [3.05, 3.63) is 29.8 Å². The number of carbonyl (C=O) groups is 1. The van der Waals surface area contributed by atoms with Crippen LogP contribution in [0.5, 0.6) is 0 Å². The van der Waals surface area contributed by atoms with Gasteiger partial charge in [-0.2, -0.15) is 0 Å². The highest BCUT2D eigenvalue weighted by molar-refractivity contribution is 8.15. The van der Waals surface area contributed by atoms with Crippen LogP contribution in [0, 0.1) is 0 Å². The van der Waals surface area contributed by atoms with Gasteiger partial charge in [0.15, 0.2) is 0 Å². The van der Waals surface area contributed by atoms with E-state index in [4.69, 9.17) is 17.3 Å². The molecule has 0 aliphatic carbocycles. The van der Waals surface area contributed by atoms with Crippen molar-refractivity contribution >= 4 is 40.2 Å². The van der Waals surface area contributed by atoms with Crippen LogP contribution in [0.3, 0.4) is 0 Å². The zero-order valence-corrected chi connectivity index (χ0v) is 14.0. The Bertz CT molecular complexity index is 428. The Hall–Kier alpha value is -0.160. The molecule has 0 bridgehead atoms.